The third-order valence-corrected chi connectivity index (χ3v) is 3.34. The van der Waals surface area contributed by atoms with Crippen LogP contribution in [-0.2, 0) is 4.79 Å². The van der Waals surface area contributed by atoms with Crippen LogP contribution in [0.1, 0.15) is 31.2 Å². The number of carbonyl (C=O) groups is 1. The highest BCUT2D eigenvalue weighted by Crippen LogP contribution is 2.29. The summed E-state index contributed by atoms with van der Waals surface area (Å²) in [6, 6.07) is 7.28. The van der Waals surface area contributed by atoms with Crippen LogP contribution >= 0.6 is 12.4 Å². The second kappa shape index (κ2) is 7.36. The molecule has 1 aliphatic rings. The number of benzene rings is 1. The Kier molecular flexibility index (Phi) is 6.12. The molecule has 4 nitrogen and oxygen atoms in total. The minimum atomic E-state index is -0.770. The van der Waals surface area contributed by atoms with Crippen LogP contribution in [0.25, 0.3) is 0 Å². The quantitative estimate of drug-likeness (QED) is 0.892. The highest BCUT2D eigenvalue weighted by Gasteiger charge is 2.31. The first-order valence-corrected chi connectivity index (χ1v) is 6.41. The van der Waals surface area contributed by atoms with Gasteiger partial charge in [0.2, 0.25) is 0 Å². The Labute approximate surface area is 119 Å². The normalized spacial score (nSPS) is 22.4. The second-order valence-corrected chi connectivity index (χ2v) is 4.52. The molecule has 0 aromatic heterocycles. The summed E-state index contributed by atoms with van der Waals surface area (Å²) in [6.07, 6.45) is 1.93. The number of aliphatic carboxylic acids is 1. The van der Waals surface area contributed by atoms with Gasteiger partial charge in [-0.25, -0.2) is 0 Å². The van der Waals surface area contributed by atoms with E-state index in [2.05, 4.69) is 5.32 Å². The van der Waals surface area contributed by atoms with Gasteiger partial charge in [-0.3, -0.25) is 4.79 Å². The lowest BCUT2D eigenvalue weighted by Gasteiger charge is -2.30. The molecule has 106 valence electrons. The molecule has 0 amide bonds. The van der Waals surface area contributed by atoms with Gasteiger partial charge in [-0.2, -0.15) is 0 Å². The average molecular weight is 286 g/mol. The van der Waals surface area contributed by atoms with Crippen molar-refractivity contribution >= 4 is 18.4 Å². The summed E-state index contributed by atoms with van der Waals surface area (Å²) in [6.45, 7) is 3.37. The Balaban J connectivity index is 0.00000180. The van der Waals surface area contributed by atoms with Crippen molar-refractivity contribution in [1.82, 2.24) is 5.32 Å². The summed E-state index contributed by atoms with van der Waals surface area (Å²) < 4.78 is 5.39. The zero-order chi connectivity index (χ0) is 13.0. The molecule has 19 heavy (non-hydrogen) atoms. The second-order valence-electron chi connectivity index (χ2n) is 4.52. The Morgan fingerprint density at radius 3 is 2.68 bits per heavy atom. The lowest BCUT2D eigenvalue weighted by Crippen LogP contribution is -2.45. The minimum absolute atomic E-state index is 0. The largest absolute Gasteiger partial charge is 0.494 e. The molecule has 0 aliphatic carbocycles. The molecule has 1 heterocycles. The Bertz CT molecular complexity index is 408. The number of ether oxygens (including phenoxy) is 1. The van der Waals surface area contributed by atoms with Crippen LogP contribution in [0, 0.1) is 0 Å². The van der Waals surface area contributed by atoms with Crippen LogP contribution < -0.4 is 10.1 Å². The van der Waals surface area contributed by atoms with Gasteiger partial charge >= 0.3 is 5.97 Å². The van der Waals surface area contributed by atoms with Gasteiger partial charge in [0.25, 0.3) is 0 Å². The van der Waals surface area contributed by atoms with Gasteiger partial charge < -0.3 is 15.2 Å². The number of hydrogen-bond acceptors (Lipinski definition) is 3. The van der Waals surface area contributed by atoms with Crippen molar-refractivity contribution in [2.75, 3.05) is 13.2 Å². The zero-order valence-electron chi connectivity index (χ0n) is 11.0. The third kappa shape index (κ3) is 3.85. The van der Waals surface area contributed by atoms with Gasteiger partial charge in [-0.15, -0.1) is 12.4 Å². The van der Waals surface area contributed by atoms with Crippen molar-refractivity contribution in [3.8, 4) is 5.75 Å². The SMILES string of the molecule is CCOc1ccc(C2CCCNC2C(=O)O)cc1.Cl. The zero-order valence-corrected chi connectivity index (χ0v) is 11.8. The number of carboxylic acids is 1. The van der Waals surface area contributed by atoms with Gasteiger partial charge in [0.05, 0.1) is 6.61 Å². The van der Waals surface area contributed by atoms with E-state index in [0.717, 1.165) is 30.7 Å². The monoisotopic (exact) mass is 285 g/mol. The summed E-state index contributed by atoms with van der Waals surface area (Å²) in [5.41, 5.74) is 1.07. The first kappa shape index (κ1) is 15.8. The molecule has 1 aromatic carbocycles. The smallest absolute Gasteiger partial charge is 0.321 e. The Morgan fingerprint density at radius 2 is 2.11 bits per heavy atom. The van der Waals surface area contributed by atoms with E-state index in [1.165, 1.54) is 0 Å². The van der Waals surface area contributed by atoms with E-state index in [4.69, 9.17) is 4.74 Å². The molecule has 1 fully saturated rings. The van der Waals surface area contributed by atoms with Gasteiger partial charge in [0.15, 0.2) is 0 Å². The molecule has 0 saturated carbocycles. The van der Waals surface area contributed by atoms with E-state index in [9.17, 15) is 9.90 Å². The summed E-state index contributed by atoms with van der Waals surface area (Å²) in [4.78, 5) is 11.2. The maximum absolute atomic E-state index is 11.2. The molecule has 1 saturated heterocycles. The van der Waals surface area contributed by atoms with E-state index in [0.29, 0.717) is 6.61 Å². The van der Waals surface area contributed by atoms with Crippen molar-refractivity contribution < 1.29 is 14.6 Å². The number of rotatable bonds is 4. The molecule has 1 aromatic rings. The van der Waals surface area contributed by atoms with Gasteiger partial charge in [0.1, 0.15) is 11.8 Å². The Morgan fingerprint density at radius 1 is 1.42 bits per heavy atom. The van der Waals surface area contributed by atoms with Crippen molar-refractivity contribution in [1.29, 1.82) is 0 Å². The fourth-order valence-electron chi connectivity index (χ4n) is 2.48. The predicted octanol–water partition coefficient (Wildman–Crippen LogP) is 2.43. The summed E-state index contributed by atoms with van der Waals surface area (Å²) >= 11 is 0. The first-order chi connectivity index (χ1) is 8.72. The van der Waals surface area contributed by atoms with Crippen molar-refractivity contribution in [2.24, 2.45) is 0 Å². The molecule has 5 heteroatoms. The van der Waals surface area contributed by atoms with Crippen LogP contribution in [0.3, 0.4) is 0 Å². The Hall–Kier alpha value is -1.26. The summed E-state index contributed by atoms with van der Waals surface area (Å²) in [7, 11) is 0. The molecule has 2 unspecified atom stereocenters. The minimum Gasteiger partial charge on any atom is -0.494 e. The maximum Gasteiger partial charge on any atom is 0.321 e. The topological polar surface area (TPSA) is 58.6 Å². The van der Waals surface area contributed by atoms with Crippen LogP contribution in [-0.4, -0.2) is 30.3 Å². The van der Waals surface area contributed by atoms with E-state index >= 15 is 0 Å². The maximum atomic E-state index is 11.2. The lowest BCUT2D eigenvalue weighted by molar-refractivity contribution is -0.140. The van der Waals surface area contributed by atoms with Crippen LogP contribution in [0.2, 0.25) is 0 Å². The molecule has 0 spiro atoms. The third-order valence-electron chi connectivity index (χ3n) is 3.34. The van der Waals surface area contributed by atoms with Crippen molar-refractivity contribution in [3.05, 3.63) is 29.8 Å². The molecule has 2 atom stereocenters. The van der Waals surface area contributed by atoms with Gasteiger partial charge in [-0.05, 0) is 44.0 Å². The molecule has 2 N–H and O–H groups in total. The number of hydrogen-bond donors (Lipinski definition) is 2. The number of halogens is 1. The van der Waals surface area contributed by atoms with E-state index in [1.54, 1.807) is 0 Å². The van der Waals surface area contributed by atoms with Crippen molar-refractivity contribution in [3.63, 3.8) is 0 Å². The van der Waals surface area contributed by atoms with Gasteiger partial charge in [-0.1, -0.05) is 12.1 Å². The van der Waals surface area contributed by atoms with Crippen LogP contribution in [0.15, 0.2) is 24.3 Å². The number of piperidine rings is 1. The van der Waals surface area contributed by atoms with E-state index in [1.807, 2.05) is 31.2 Å². The highest BCUT2D eigenvalue weighted by molar-refractivity contribution is 5.85. The molecular weight excluding hydrogens is 266 g/mol. The molecule has 2 rings (SSSR count). The summed E-state index contributed by atoms with van der Waals surface area (Å²) in [5.74, 6) is 0.109. The van der Waals surface area contributed by atoms with Gasteiger partial charge in [0, 0.05) is 5.92 Å². The molecule has 0 bridgehead atoms. The van der Waals surface area contributed by atoms with E-state index < -0.39 is 12.0 Å². The summed E-state index contributed by atoms with van der Waals surface area (Å²) in [5, 5.41) is 12.3. The lowest BCUT2D eigenvalue weighted by atomic mass is 9.85. The fourth-order valence-corrected chi connectivity index (χ4v) is 2.48. The van der Waals surface area contributed by atoms with Crippen LogP contribution in [0.4, 0.5) is 0 Å². The molecule has 1 aliphatic heterocycles. The highest BCUT2D eigenvalue weighted by atomic mass is 35.5. The average Bonchev–Trinajstić information content (AvgIpc) is 2.40. The van der Waals surface area contributed by atoms with Crippen molar-refractivity contribution in [2.45, 2.75) is 31.7 Å². The number of carboxylic acid groups (broad SMARTS) is 1. The fraction of sp³-hybridized carbons (Fsp3) is 0.500. The molecular formula is C14H20ClNO3. The first-order valence-electron chi connectivity index (χ1n) is 6.41. The van der Waals surface area contributed by atoms with E-state index in [-0.39, 0.29) is 18.3 Å². The molecule has 0 radical (unpaired) electrons. The predicted molar refractivity (Wildman–Crippen MR) is 76.3 cm³/mol. The standard InChI is InChI=1S/C14H19NO3.ClH/c1-2-18-11-7-5-10(6-8-11)12-4-3-9-15-13(12)14(16)17;/h5-8,12-13,15H,2-4,9H2,1H3,(H,16,17);1H. The van der Waals surface area contributed by atoms with Crippen LogP contribution in [0.5, 0.6) is 5.75 Å². The number of nitrogens with one attached hydrogen (secondary N) is 1.